The van der Waals surface area contributed by atoms with E-state index in [1.807, 2.05) is 56.3 Å². The molecule has 0 radical (unpaired) electrons. The monoisotopic (exact) mass is 390 g/mol. The summed E-state index contributed by atoms with van der Waals surface area (Å²) >= 11 is 0. The Morgan fingerprint density at radius 2 is 1.79 bits per heavy atom. The molecule has 0 fully saturated rings. The Bertz CT molecular complexity index is 1030. The van der Waals surface area contributed by atoms with Crippen molar-refractivity contribution in [3.8, 4) is 5.75 Å². The molecule has 1 heterocycles. The molecule has 0 saturated heterocycles. The number of ether oxygens (including phenoxy) is 1. The third-order valence-corrected chi connectivity index (χ3v) is 4.58. The number of hydrogen-bond acceptors (Lipinski definition) is 5. The van der Waals surface area contributed by atoms with Crippen molar-refractivity contribution in [2.75, 3.05) is 17.7 Å². The van der Waals surface area contributed by atoms with Crippen molar-refractivity contribution < 1.29 is 9.53 Å². The second kappa shape index (κ2) is 8.73. The molecule has 2 aromatic carbocycles. The van der Waals surface area contributed by atoms with Gasteiger partial charge in [0.2, 0.25) is 5.95 Å². The van der Waals surface area contributed by atoms with Crippen LogP contribution >= 0.6 is 0 Å². The third-order valence-electron chi connectivity index (χ3n) is 4.58. The van der Waals surface area contributed by atoms with Crippen LogP contribution < -0.4 is 15.4 Å². The first-order chi connectivity index (χ1) is 13.9. The van der Waals surface area contributed by atoms with Gasteiger partial charge in [0.1, 0.15) is 11.4 Å². The highest BCUT2D eigenvalue weighted by atomic mass is 16.5. The number of nitrogens with zero attached hydrogens (tertiary/aromatic N) is 2. The molecule has 0 spiro atoms. The number of carbonyl (C=O) groups excluding carboxylic acids is 1. The van der Waals surface area contributed by atoms with E-state index in [-0.39, 0.29) is 5.91 Å². The lowest BCUT2D eigenvalue weighted by Crippen LogP contribution is -2.17. The van der Waals surface area contributed by atoms with E-state index >= 15 is 0 Å². The minimum atomic E-state index is -0.264. The quantitative estimate of drug-likeness (QED) is 0.603. The van der Waals surface area contributed by atoms with Crippen molar-refractivity contribution in [2.24, 2.45) is 0 Å². The van der Waals surface area contributed by atoms with Gasteiger partial charge < -0.3 is 15.4 Å². The summed E-state index contributed by atoms with van der Waals surface area (Å²) in [6.45, 7) is 8.04. The van der Waals surface area contributed by atoms with Gasteiger partial charge in [0, 0.05) is 23.1 Å². The van der Waals surface area contributed by atoms with Crippen LogP contribution in [0.3, 0.4) is 0 Å². The van der Waals surface area contributed by atoms with Crippen LogP contribution in [0.15, 0.2) is 48.5 Å². The highest BCUT2D eigenvalue weighted by Crippen LogP contribution is 2.28. The molecule has 0 aliphatic rings. The molecular weight excluding hydrogens is 364 g/mol. The largest absolute Gasteiger partial charge is 0.497 e. The number of aryl methyl sites for hydroxylation is 2. The fraction of sp³-hybridized carbons (Fsp3) is 0.261. The van der Waals surface area contributed by atoms with E-state index in [2.05, 4.69) is 34.4 Å². The highest BCUT2D eigenvalue weighted by Gasteiger charge is 2.16. The Morgan fingerprint density at radius 1 is 1.03 bits per heavy atom. The SMILES string of the molecule is COc1cccc(Nc2nc(C)cc(C(=O)Nc3c(C)cccc3C(C)C)n2)c1. The van der Waals surface area contributed by atoms with Gasteiger partial charge in [0.25, 0.3) is 5.91 Å². The zero-order valence-corrected chi connectivity index (χ0v) is 17.4. The van der Waals surface area contributed by atoms with Gasteiger partial charge in [0.05, 0.1) is 7.11 Å². The van der Waals surface area contributed by atoms with Crippen LogP contribution in [0, 0.1) is 13.8 Å². The van der Waals surface area contributed by atoms with E-state index in [1.165, 1.54) is 0 Å². The molecule has 6 heteroatoms. The minimum absolute atomic E-state index is 0.264. The molecule has 0 saturated carbocycles. The maximum Gasteiger partial charge on any atom is 0.274 e. The van der Waals surface area contributed by atoms with E-state index in [9.17, 15) is 4.79 Å². The average Bonchev–Trinajstić information content (AvgIpc) is 2.69. The molecule has 0 aliphatic heterocycles. The molecular formula is C23H26N4O2. The van der Waals surface area contributed by atoms with Crippen LogP contribution in [0.2, 0.25) is 0 Å². The van der Waals surface area contributed by atoms with Gasteiger partial charge in [-0.15, -0.1) is 0 Å². The predicted molar refractivity (Wildman–Crippen MR) is 116 cm³/mol. The molecule has 0 unspecified atom stereocenters. The molecule has 29 heavy (non-hydrogen) atoms. The van der Waals surface area contributed by atoms with Gasteiger partial charge in [-0.2, -0.15) is 0 Å². The van der Waals surface area contributed by atoms with Crippen LogP contribution in [-0.4, -0.2) is 23.0 Å². The summed E-state index contributed by atoms with van der Waals surface area (Å²) in [5.41, 5.74) is 4.74. The molecule has 1 aromatic heterocycles. The van der Waals surface area contributed by atoms with Gasteiger partial charge in [-0.3, -0.25) is 4.79 Å². The Balaban J connectivity index is 1.87. The molecule has 1 amide bonds. The van der Waals surface area contributed by atoms with Crippen LogP contribution in [0.1, 0.15) is 47.1 Å². The predicted octanol–water partition coefficient (Wildman–Crippen LogP) is 5.22. The van der Waals surface area contributed by atoms with Crippen LogP contribution in [0.25, 0.3) is 0 Å². The summed E-state index contributed by atoms with van der Waals surface area (Å²) in [6, 6.07) is 15.2. The molecule has 0 aliphatic carbocycles. The summed E-state index contributed by atoms with van der Waals surface area (Å²) in [6.07, 6.45) is 0. The highest BCUT2D eigenvalue weighted by molar-refractivity contribution is 6.04. The van der Waals surface area contributed by atoms with E-state index in [4.69, 9.17) is 4.74 Å². The average molecular weight is 390 g/mol. The number of carbonyl (C=O) groups is 1. The summed E-state index contributed by atoms with van der Waals surface area (Å²) in [5, 5.41) is 6.17. The number of para-hydroxylation sites is 1. The Kier molecular flexibility index (Phi) is 6.12. The van der Waals surface area contributed by atoms with Gasteiger partial charge in [-0.25, -0.2) is 9.97 Å². The molecule has 0 bridgehead atoms. The second-order valence-electron chi connectivity index (χ2n) is 7.22. The summed E-state index contributed by atoms with van der Waals surface area (Å²) in [7, 11) is 1.61. The Labute approximate surface area is 171 Å². The molecule has 3 rings (SSSR count). The number of amides is 1. The number of anilines is 3. The van der Waals surface area contributed by atoms with Gasteiger partial charge >= 0.3 is 0 Å². The first kappa shape index (κ1) is 20.3. The summed E-state index contributed by atoms with van der Waals surface area (Å²) < 4.78 is 5.24. The number of aromatic nitrogens is 2. The van der Waals surface area contributed by atoms with Gasteiger partial charge in [-0.05, 0) is 49.1 Å². The molecule has 150 valence electrons. The van der Waals surface area contributed by atoms with E-state index in [0.29, 0.717) is 23.3 Å². The number of nitrogens with one attached hydrogen (secondary N) is 2. The van der Waals surface area contributed by atoms with Crippen molar-refractivity contribution in [2.45, 2.75) is 33.6 Å². The van der Waals surface area contributed by atoms with Crippen molar-refractivity contribution in [1.29, 1.82) is 0 Å². The molecule has 6 nitrogen and oxygen atoms in total. The first-order valence-corrected chi connectivity index (χ1v) is 9.55. The van der Waals surface area contributed by atoms with Crippen molar-refractivity contribution in [3.05, 3.63) is 71.0 Å². The lowest BCUT2D eigenvalue weighted by atomic mass is 9.98. The van der Waals surface area contributed by atoms with E-state index in [0.717, 1.165) is 28.3 Å². The second-order valence-corrected chi connectivity index (χ2v) is 7.22. The smallest absolute Gasteiger partial charge is 0.274 e. The maximum atomic E-state index is 12.9. The first-order valence-electron chi connectivity index (χ1n) is 9.55. The third kappa shape index (κ3) is 4.90. The number of benzene rings is 2. The van der Waals surface area contributed by atoms with Gasteiger partial charge in [-0.1, -0.05) is 38.1 Å². The lowest BCUT2D eigenvalue weighted by molar-refractivity contribution is 0.102. The maximum absolute atomic E-state index is 12.9. The molecule has 3 aromatic rings. The van der Waals surface area contributed by atoms with Crippen LogP contribution in [0.4, 0.5) is 17.3 Å². The minimum Gasteiger partial charge on any atom is -0.497 e. The Morgan fingerprint density at radius 3 is 2.52 bits per heavy atom. The summed E-state index contributed by atoms with van der Waals surface area (Å²) in [4.78, 5) is 21.8. The van der Waals surface area contributed by atoms with Crippen LogP contribution in [-0.2, 0) is 0 Å². The summed E-state index contributed by atoms with van der Waals surface area (Å²) in [5.74, 6) is 1.11. The fourth-order valence-corrected chi connectivity index (χ4v) is 3.09. The molecule has 0 atom stereocenters. The fourth-order valence-electron chi connectivity index (χ4n) is 3.09. The normalized spacial score (nSPS) is 10.7. The van der Waals surface area contributed by atoms with Gasteiger partial charge in [0.15, 0.2) is 0 Å². The Hall–Kier alpha value is -3.41. The van der Waals surface area contributed by atoms with Crippen molar-refractivity contribution >= 4 is 23.2 Å². The molecule has 2 N–H and O–H groups in total. The number of methoxy groups -OCH3 is 1. The van der Waals surface area contributed by atoms with Crippen molar-refractivity contribution in [3.63, 3.8) is 0 Å². The van der Waals surface area contributed by atoms with E-state index in [1.54, 1.807) is 13.2 Å². The van der Waals surface area contributed by atoms with E-state index < -0.39 is 0 Å². The van der Waals surface area contributed by atoms with Crippen LogP contribution in [0.5, 0.6) is 5.75 Å². The number of hydrogen-bond donors (Lipinski definition) is 2. The van der Waals surface area contributed by atoms with Crippen molar-refractivity contribution in [1.82, 2.24) is 9.97 Å². The standard InChI is InChI=1S/C23H26N4O2/c1-14(2)19-11-6-8-15(3)21(19)27-22(28)20-12-16(4)24-23(26-20)25-17-9-7-10-18(13-17)29-5/h6-14H,1-5H3,(H,27,28)(H,24,25,26). The topological polar surface area (TPSA) is 76.1 Å². The zero-order chi connectivity index (χ0) is 21.0. The lowest BCUT2D eigenvalue weighted by Gasteiger charge is -2.16. The zero-order valence-electron chi connectivity index (χ0n) is 17.4. The number of rotatable bonds is 6.